The maximum absolute atomic E-state index is 12.9. The lowest BCUT2D eigenvalue weighted by Gasteiger charge is -2.21. The normalized spacial score (nSPS) is 15.6. The standard InChI is InChI=1S/C22H22N4O2S/c1-12-7-13(2)9-17(8-12)26-20(10-14(3)25-26)24-22(28)16-5-6-19-18(11-16)23-21(27)15(4)29-19/h5-11,15H,1-4H3,(H,23,27)(H,24,28). The van der Waals surface area contributed by atoms with Crippen molar-refractivity contribution in [1.82, 2.24) is 9.78 Å². The molecule has 0 spiro atoms. The molecule has 0 saturated heterocycles. The number of aryl methyl sites for hydroxylation is 3. The third-order valence-corrected chi connectivity index (χ3v) is 5.87. The van der Waals surface area contributed by atoms with Crippen molar-refractivity contribution in [3.05, 3.63) is 64.8 Å². The molecule has 0 bridgehead atoms. The van der Waals surface area contributed by atoms with E-state index in [-0.39, 0.29) is 17.1 Å². The fraction of sp³-hybridized carbons (Fsp3) is 0.227. The molecule has 148 valence electrons. The van der Waals surface area contributed by atoms with Crippen LogP contribution in [0.2, 0.25) is 0 Å². The van der Waals surface area contributed by atoms with Crippen LogP contribution in [0.1, 0.15) is 34.1 Å². The second kappa shape index (κ2) is 7.40. The zero-order valence-corrected chi connectivity index (χ0v) is 17.6. The topological polar surface area (TPSA) is 76.0 Å². The molecule has 0 fully saturated rings. The zero-order chi connectivity index (χ0) is 20.7. The van der Waals surface area contributed by atoms with Crippen molar-refractivity contribution < 1.29 is 9.59 Å². The first-order valence-electron chi connectivity index (χ1n) is 9.38. The number of aromatic nitrogens is 2. The van der Waals surface area contributed by atoms with Gasteiger partial charge in [-0.2, -0.15) is 5.10 Å². The Balaban J connectivity index is 1.63. The van der Waals surface area contributed by atoms with E-state index in [1.54, 1.807) is 16.8 Å². The maximum Gasteiger partial charge on any atom is 0.256 e. The van der Waals surface area contributed by atoms with E-state index in [9.17, 15) is 9.59 Å². The first kappa shape index (κ1) is 19.3. The molecule has 3 aromatic rings. The third-order valence-electron chi connectivity index (χ3n) is 4.70. The molecule has 1 atom stereocenters. The summed E-state index contributed by atoms with van der Waals surface area (Å²) < 4.78 is 1.74. The summed E-state index contributed by atoms with van der Waals surface area (Å²) in [5, 5.41) is 10.2. The lowest BCUT2D eigenvalue weighted by atomic mass is 10.1. The highest BCUT2D eigenvalue weighted by Gasteiger charge is 2.24. The van der Waals surface area contributed by atoms with Crippen molar-refractivity contribution in [3.63, 3.8) is 0 Å². The van der Waals surface area contributed by atoms with Gasteiger partial charge in [-0.25, -0.2) is 4.68 Å². The van der Waals surface area contributed by atoms with Crippen molar-refractivity contribution in [2.75, 3.05) is 10.6 Å². The molecule has 0 radical (unpaired) electrons. The van der Waals surface area contributed by atoms with Crippen LogP contribution in [0, 0.1) is 20.8 Å². The van der Waals surface area contributed by atoms with Gasteiger partial charge in [0.15, 0.2) is 0 Å². The van der Waals surface area contributed by atoms with Gasteiger partial charge in [-0.15, -0.1) is 11.8 Å². The van der Waals surface area contributed by atoms with Crippen LogP contribution >= 0.6 is 11.8 Å². The second-order valence-electron chi connectivity index (χ2n) is 7.34. The van der Waals surface area contributed by atoms with Crippen molar-refractivity contribution in [1.29, 1.82) is 0 Å². The Morgan fingerprint density at radius 3 is 2.55 bits per heavy atom. The molecule has 0 saturated carbocycles. The van der Waals surface area contributed by atoms with Gasteiger partial charge < -0.3 is 10.6 Å². The number of amides is 2. The van der Waals surface area contributed by atoms with E-state index >= 15 is 0 Å². The first-order chi connectivity index (χ1) is 13.8. The lowest BCUT2D eigenvalue weighted by molar-refractivity contribution is -0.115. The average molecular weight is 407 g/mol. The minimum absolute atomic E-state index is 0.0522. The number of carbonyl (C=O) groups is 2. The van der Waals surface area contributed by atoms with Crippen LogP contribution in [-0.2, 0) is 4.79 Å². The smallest absolute Gasteiger partial charge is 0.256 e. The van der Waals surface area contributed by atoms with E-state index in [0.717, 1.165) is 27.4 Å². The largest absolute Gasteiger partial charge is 0.324 e. The molecule has 2 aromatic carbocycles. The summed E-state index contributed by atoms with van der Waals surface area (Å²) in [6.07, 6.45) is 0. The molecule has 29 heavy (non-hydrogen) atoms. The number of nitrogens with one attached hydrogen (secondary N) is 2. The Labute approximate surface area is 173 Å². The predicted octanol–water partition coefficient (Wildman–Crippen LogP) is 4.48. The second-order valence-corrected chi connectivity index (χ2v) is 8.73. The molecule has 0 aliphatic carbocycles. The van der Waals surface area contributed by atoms with E-state index in [1.165, 1.54) is 11.8 Å². The molecule has 2 N–H and O–H groups in total. The molecule has 1 aliphatic rings. The molecular weight excluding hydrogens is 384 g/mol. The highest BCUT2D eigenvalue weighted by Crippen LogP contribution is 2.36. The Kier molecular flexibility index (Phi) is 4.92. The van der Waals surface area contributed by atoms with Gasteiger partial charge in [0.25, 0.3) is 5.91 Å². The summed E-state index contributed by atoms with van der Waals surface area (Å²) in [6, 6.07) is 13.4. The highest BCUT2D eigenvalue weighted by atomic mass is 32.2. The van der Waals surface area contributed by atoms with Crippen LogP contribution in [-0.4, -0.2) is 26.8 Å². The van der Waals surface area contributed by atoms with Gasteiger partial charge in [0.05, 0.1) is 22.3 Å². The maximum atomic E-state index is 12.9. The SMILES string of the molecule is Cc1cc(C)cc(-n2nc(C)cc2NC(=O)c2ccc3c(c2)NC(=O)C(C)S3)c1. The first-order valence-corrected chi connectivity index (χ1v) is 10.3. The summed E-state index contributed by atoms with van der Waals surface area (Å²) >= 11 is 1.49. The van der Waals surface area contributed by atoms with E-state index < -0.39 is 0 Å². The fourth-order valence-electron chi connectivity index (χ4n) is 3.40. The summed E-state index contributed by atoms with van der Waals surface area (Å²) in [5.74, 6) is 0.294. The van der Waals surface area contributed by atoms with Gasteiger partial charge in [0.2, 0.25) is 5.91 Å². The molecule has 1 unspecified atom stereocenters. The zero-order valence-electron chi connectivity index (χ0n) is 16.7. The van der Waals surface area contributed by atoms with Crippen molar-refractivity contribution in [2.45, 2.75) is 37.8 Å². The molecular formula is C22H22N4O2S. The molecule has 1 aliphatic heterocycles. The monoisotopic (exact) mass is 406 g/mol. The van der Waals surface area contributed by atoms with E-state index in [1.807, 2.05) is 52.0 Å². The fourth-order valence-corrected chi connectivity index (χ4v) is 4.33. The number of hydrogen-bond acceptors (Lipinski definition) is 4. The van der Waals surface area contributed by atoms with Crippen LogP contribution in [0.4, 0.5) is 11.5 Å². The summed E-state index contributed by atoms with van der Waals surface area (Å²) in [6.45, 7) is 7.82. The van der Waals surface area contributed by atoms with E-state index in [4.69, 9.17) is 0 Å². The van der Waals surface area contributed by atoms with Gasteiger partial charge in [0, 0.05) is 16.5 Å². The number of carbonyl (C=O) groups excluding carboxylic acids is 2. The molecule has 6 nitrogen and oxygen atoms in total. The number of fused-ring (bicyclic) bond motifs is 1. The number of anilines is 2. The molecule has 2 heterocycles. The number of rotatable bonds is 3. The Hall–Kier alpha value is -3.06. The summed E-state index contributed by atoms with van der Waals surface area (Å²) in [4.78, 5) is 25.8. The minimum Gasteiger partial charge on any atom is -0.324 e. The number of thioether (sulfide) groups is 1. The van der Waals surface area contributed by atoms with Crippen LogP contribution < -0.4 is 10.6 Å². The Morgan fingerprint density at radius 2 is 1.83 bits per heavy atom. The Bertz CT molecular complexity index is 1120. The van der Waals surface area contributed by atoms with E-state index in [0.29, 0.717) is 17.1 Å². The molecule has 7 heteroatoms. The lowest BCUT2D eigenvalue weighted by Crippen LogP contribution is -2.26. The highest BCUT2D eigenvalue weighted by molar-refractivity contribution is 8.00. The minimum atomic E-state index is -0.254. The number of hydrogen-bond donors (Lipinski definition) is 2. The molecule has 2 amide bonds. The summed E-state index contributed by atoms with van der Waals surface area (Å²) in [7, 11) is 0. The van der Waals surface area contributed by atoms with Crippen LogP contribution in [0.25, 0.3) is 5.69 Å². The van der Waals surface area contributed by atoms with Gasteiger partial charge in [-0.05, 0) is 69.2 Å². The van der Waals surface area contributed by atoms with Gasteiger partial charge in [-0.3, -0.25) is 9.59 Å². The van der Waals surface area contributed by atoms with E-state index in [2.05, 4.69) is 21.8 Å². The Morgan fingerprint density at radius 1 is 1.10 bits per heavy atom. The van der Waals surface area contributed by atoms with Crippen LogP contribution in [0.3, 0.4) is 0 Å². The van der Waals surface area contributed by atoms with Gasteiger partial charge in [-0.1, -0.05) is 6.07 Å². The van der Waals surface area contributed by atoms with Crippen molar-refractivity contribution >= 4 is 35.1 Å². The van der Waals surface area contributed by atoms with Crippen molar-refractivity contribution in [2.24, 2.45) is 0 Å². The van der Waals surface area contributed by atoms with Gasteiger partial charge in [0.1, 0.15) is 5.82 Å². The average Bonchev–Trinajstić information content (AvgIpc) is 3.01. The number of benzene rings is 2. The van der Waals surface area contributed by atoms with Crippen LogP contribution in [0.5, 0.6) is 0 Å². The quantitative estimate of drug-likeness (QED) is 0.672. The van der Waals surface area contributed by atoms with Gasteiger partial charge >= 0.3 is 0 Å². The molecule has 4 rings (SSSR count). The number of nitrogens with zero attached hydrogens (tertiary/aromatic N) is 2. The van der Waals surface area contributed by atoms with Crippen LogP contribution in [0.15, 0.2) is 47.4 Å². The third kappa shape index (κ3) is 3.91. The molecule has 1 aromatic heterocycles. The van der Waals surface area contributed by atoms with Crippen molar-refractivity contribution in [3.8, 4) is 5.69 Å². The predicted molar refractivity (Wildman–Crippen MR) is 116 cm³/mol. The summed E-state index contributed by atoms with van der Waals surface area (Å²) in [5.41, 5.74) is 5.11.